The van der Waals surface area contributed by atoms with E-state index < -0.39 is 5.97 Å². The van der Waals surface area contributed by atoms with Gasteiger partial charge in [0.25, 0.3) is 11.8 Å². The summed E-state index contributed by atoms with van der Waals surface area (Å²) in [6.45, 7) is 1.79. The van der Waals surface area contributed by atoms with E-state index in [0.717, 1.165) is 5.71 Å². The fourth-order valence-corrected chi connectivity index (χ4v) is 2.41. The molecule has 1 aliphatic rings. The van der Waals surface area contributed by atoms with Crippen molar-refractivity contribution in [1.82, 2.24) is 0 Å². The molecule has 2 aromatic carbocycles. The second-order valence-corrected chi connectivity index (χ2v) is 5.60. The van der Waals surface area contributed by atoms with Crippen molar-refractivity contribution in [2.24, 2.45) is 5.10 Å². The van der Waals surface area contributed by atoms with Gasteiger partial charge in [0, 0.05) is 17.0 Å². The number of hydrazone groups is 1. The number of aromatic carboxylic acids is 1. The largest absolute Gasteiger partial charge is 0.478 e. The summed E-state index contributed by atoms with van der Waals surface area (Å²) in [5.41, 5.74) is 2.41. The number of benzene rings is 2. The molecule has 3 rings (SSSR count). The standard InChI is InChI=1S/C18H15N3O4/c1-11-10-16(22)21(20-11)15-8-6-14(7-9-15)19-17(23)12-2-4-13(5-3-12)18(24)25/h2-9H,10H2,1H3,(H,19,23)(H,24,25). The first-order valence-corrected chi connectivity index (χ1v) is 7.56. The van der Waals surface area contributed by atoms with Crippen molar-refractivity contribution >= 4 is 34.9 Å². The summed E-state index contributed by atoms with van der Waals surface area (Å²) in [6, 6.07) is 12.4. The first kappa shape index (κ1) is 16.4. The Morgan fingerprint density at radius 2 is 1.64 bits per heavy atom. The SMILES string of the molecule is CC1=NN(c2ccc(NC(=O)c3ccc(C(=O)O)cc3)cc2)C(=O)C1. The number of hydrogen-bond acceptors (Lipinski definition) is 4. The summed E-state index contributed by atoms with van der Waals surface area (Å²) in [7, 11) is 0. The zero-order chi connectivity index (χ0) is 18.0. The van der Waals surface area contributed by atoms with E-state index in [1.165, 1.54) is 29.3 Å². The highest BCUT2D eigenvalue weighted by atomic mass is 16.4. The van der Waals surface area contributed by atoms with Gasteiger partial charge < -0.3 is 10.4 Å². The Bertz CT molecular complexity index is 870. The molecule has 2 aromatic rings. The molecule has 2 N–H and O–H groups in total. The number of hydrogen-bond donors (Lipinski definition) is 2. The summed E-state index contributed by atoms with van der Waals surface area (Å²) in [5.74, 6) is -1.49. The summed E-state index contributed by atoms with van der Waals surface area (Å²) >= 11 is 0. The molecular weight excluding hydrogens is 322 g/mol. The molecule has 7 nitrogen and oxygen atoms in total. The molecule has 7 heteroatoms. The van der Waals surface area contributed by atoms with Crippen LogP contribution in [0.25, 0.3) is 0 Å². The number of rotatable bonds is 4. The van der Waals surface area contributed by atoms with Gasteiger partial charge in [-0.25, -0.2) is 9.80 Å². The van der Waals surface area contributed by atoms with Gasteiger partial charge >= 0.3 is 5.97 Å². The van der Waals surface area contributed by atoms with Gasteiger partial charge in [0.15, 0.2) is 0 Å². The molecular formula is C18H15N3O4. The lowest BCUT2D eigenvalue weighted by Gasteiger charge is -2.12. The highest BCUT2D eigenvalue weighted by Gasteiger charge is 2.22. The minimum atomic E-state index is -1.04. The third-order valence-corrected chi connectivity index (χ3v) is 3.68. The molecule has 0 bridgehead atoms. The number of amides is 2. The first-order valence-electron chi connectivity index (χ1n) is 7.56. The number of carbonyl (C=O) groups excluding carboxylic acids is 2. The molecule has 0 saturated heterocycles. The molecule has 0 aliphatic carbocycles. The highest BCUT2D eigenvalue weighted by molar-refractivity contribution is 6.12. The van der Waals surface area contributed by atoms with Crippen LogP contribution >= 0.6 is 0 Å². The van der Waals surface area contributed by atoms with Crippen molar-refractivity contribution in [3.8, 4) is 0 Å². The van der Waals surface area contributed by atoms with Gasteiger partial charge in [-0.15, -0.1) is 0 Å². The highest BCUT2D eigenvalue weighted by Crippen LogP contribution is 2.22. The molecule has 1 heterocycles. The van der Waals surface area contributed by atoms with Crippen LogP contribution in [0.1, 0.15) is 34.1 Å². The van der Waals surface area contributed by atoms with E-state index in [9.17, 15) is 14.4 Å². The second-order valence-electron chi connectivity index (χ2n) is 5.60. The maximum absolute atomic E-state index is 12.2. The number of carbonyl (C=O) groups is 3. The zero-order valence-electron chi connectivity index (χ0n) is 13.4. The minimum Gasteiger partial charge on any atom is -0.478 e. The van der Waals surface area contributed by atoms with Crippen LogP contribution in [0.4, 0.5) is 11.4 Å². The van der Waals surface area contributed by atoms with Gasteiger partial charge in [-0.1, -0.05) is 0 Å². The van der Waals surface area contributed by atoms with Crippen LogP contribution in [0.3, 0.4) is 0 Å². The fourth-order valence-electron chi connectivity index (χ4n) is 2.41. The van der Waals surface area contributed by atoms with Crippen LogP contribution < -0.4 is 10.3 Å². The quantitative estimate of drug-likeness (QED) is 0.896. The Hall–Kier alpha value is -3.48. The van der Waals surface area contributed by atoms with Gasteiger partial charge in [0.1, 0.15) is 0 Å². The Morgan fingerprint density at radius 3 is 2.16 bits per heavy atom. The molecule has 0 aromatic heterocycles. The Labute approximate surface area is 143 Å². The lowest BCUT2D eigenvalue weighted by molar-refractivity contribution is -0.116. The lowest BCUT2D eigenvalue weighted by atomic mass is 10.1. The van der Waals surface area contributed by atoms with E-state index in [1.54, 1.807) is 31.2 Å². The Kier molecular flexibility index (Phi) is 4.30. The van der Waals surface area contributed by atoms with Crippen LogP contribution in [0.5, 0.6) is 0 Å². The molecule has 0 saturated carbocycles. The smallest absolute Gasteiger partial charge is 0.335 e. The van der Waals surface area contributed by atoms with Crippen LogP contribution in [0.15, 0.2) is 53.6 Å². The molecule has 126 valence electrons. The second kappa shape index (κ2) is 6.56. The molecule has 0 atom stereocenters. The zero-order valence-corrected chi connectivity index (χ0v) is 13.4. The monoisotopic (exact) mass is 337 g/mol. The fraction of sp³-hybridized carbons (Fsp3) is 0.111. The maximum Gasteiger partial charge on any atom is 0.335 e. The van der Waals surface area contributed by atoms with Gasteiger partial charge in [0.05, 0.1) is 17.7 Å². The number of carboxylic acids is 1. The predicted octanol–water partition coefficient (Wildman–Crippen LogP) is 2.75. The van der Waals surface area contributed by atoms with Crippen molar-refractivity contribution in [2.75, 3.05) is 10.3 Å². The average molecular weight is 337 g/mol. The summed E-state index contributed by atoms with van der Waals surface area (Å²) in [4.78, 5) is 34.8. The number of carboxylic acid groups (broad SMARTS) is 1. The van der Waals surface area contributed by atoms with Gasteiger partial charge in [0.2, 0.25) is 0 Å². The van der Waals surface area contributed by atoms with E-state index in [0.29, 0.717) is 23.4 Å². The lowest BCUT2D eigenvalue weighted by Crippen LogP contribution is -2.19. The third-order valence-electron chi connectivity index (χ3n) is 3.68. The Morgan fingerprint density at radius 1 is 1.04 bits per heavy atom. The Balaban J connectivity index is 1.70. The summed E-state index contributed by atoms with van der Waals surface area (Å²) < 4.78 is 0. The van der Waals surface area contributed by atoms with Crippen molar-refractivity contribution < 1.29 is 19.5 Å². The van der Waals surface area contributed by atoms with Crippen molar-refractivity contribution in [3.05, 3.63) is 59.7 Å². The van der Waals surface area contributed by atoms with E-state index in [2.05, 4.69) is 10.4 Å². The molecule has 2 amide bonds. The molecule has 0 unspecified atom stereocenters. The van der Waals surface area contributed by atoms with Gasteiger partial charge in [-0.3, -0.25) is 9.59 Å². The molecule has 1 aliphatic heterocycles. The van der Waals surface area contributed by atoms with Crippen molar-refractivity contribution in [3.63, 3.8) is 0 Å². The molecule has 0 radical (unpaired) electrons. The normalized spacial score (nSPS) is 13.6. The maximum atomic E-state index is 12.2. The number of anilines is 2. The molecule has 0 fully saturated rings. The van der Waals surface area contributed by atoms with E-state index in [1.807, 2.05) is 0 Å². The van der Waals surface area contributed by atoms with Crippen LogP contribution in [-0.2, 0) is 4.79 Å². The number of nitrogens with zero attached hydrogens (tertiary/aromatic N) is 2. The average Bonchev–Trinajstić information content (AvgIpc) is 2.94. The molecule has 25 heavy (non-hydrogen) atoms. The minimum absolute atomic E-state index is 0.0900. The topological polar surface area (TPSA) is 99.1 Å². The van der Waals surface area contributed by atoms with Gasteiger partial charge in [-0.2, -0.15) is 5.10 Å². The summed E-state index contributed by atoms with van der Waals surface area (Å²) in [5, 5.41) is 17.1. The van der Waals surface area contributed by atoms with Crippen LogP contribution in [0, 0.1) is 0 Å². The van der Waals surface area contributed by atoms with E-state index >= 15 is 0 Å². The van der Waals surface area contributed by atoms with Crippen LogP contribution in [-0.4, -0.2) is 28.6 Å². The predicted molar refractivity (Wildman–Crippen MR) is 93.0 cm³/mol. The van der Waals surface area contributed by atoms with Crippen molar-refractivity contribution in [1.29, 1.82) is 0 Å². The van der Waals surface area contributed by atoms with E-state index in [4.69, 9.17) is 5.11 Å². The van der Waals surface area contributed by atoms with E-state index in [-0.39, 0.29) is 17.4 Å². The summed E-state index contributed by atoms with van der Waals surface area (Å²) in [6.07, 6.45) is 0.310. The third kappa shape index (κ3) is 3.55. The van der Waals surface area contributed by atoms with Crippen LogP contribution in [0.2, 0.25) is 0 Å². The number of nitrogens with one attached hydrogen (secondary N) is 1. The van der Waals surface area contributed by atoms with Gasteiger partial charge in [-0.05, 0) is 55.5 Å². The van der Waals surface area contributed by atoms with Crippen molar-refractivity contribution in [2.45, 2.75) is 13.3 Å². The first-order chi connectivity index (χ1) is 11.9. The molecule has 0 spiro atoms.